The summed E-state index contributed by atoms with van der Waals surface area (Å²) in [5, 5.41) is 6.89. The molecule has 1 saturated heterocycles. The Hall–Kier alpha value is -2.40. The highest BCUT2D eigenvalue weighted by Crippen LogP contribution is 2.27. The summed E-state index contributed by atoms with van der Waals surface area (Å²) in [5.74, 6) is -1.85. The van der Waals surface area contributed by atoms with Gasteiger partial charge in [0.15, 0.2) is 11.6 Å². The minimum atomic E-state index is -2.94. The molecule has 1 aliphatic carbocycles. The molecule has 0 unspecified atom stereocenters. The van der Waals surface area contributed by atoms with E-state index in [0.29, 0.717) is 24.4 Å². The Morgan fingerprint density at radius 1 is 1.22 bits per heavy atom. The molecule has 0 aromatic carbocycles. The fourth-order valence-corrected chi connectivity index (χ4v) is 3.38. The van der Waals surface area contributed by atoms with E-state index in [2.05, 4.69) is 31.8 Å². The van der Waals surface area contributed by atoms with Gasteiger partial charge in [-0.05, 0) is 31.9 Å². The van der Waals surface area contributed by atoms with Crippen LogP contribution in [0.4, 0.5) is 23.4 Å². The molecule has 2 aliphatic rings. The molecule has 11 heteroatoms. The zero-order valence-corrected chi connectivity index (χ0v) is 21.9. The fourth-order valence-electron chi connectivity index (χ4n) is 3.38. The van der Waals surface area contributed by atoms with Crippen LogP contribution in [-0.4, -0.2) is 53.6 Å². The quantitative estimate of drug-likeness (QED) is 0.470. The highest BCUT2D eigenvalue weighted by molar-refractivity contribution is 5.63. The number of hydrogen-bond donors (Lipinski definition) is 2. The Morgan fingerprint density at radius 3 is 2.42 bits per heavy atom. The number of anilines is 1. The number of ether oxygens (including phenoxy) is 2. The largest absolute Gasteiger partial charge is 0.431 e. The topological polar surface area (TPSA) is 87.2 Å². The van der Waals surface area contributed by atoms with Crippen molar-refractivity contribution in [2.24, 2.45) is 5.92 Å². The number of alkyl halides is 4. The highest BCUT2D eigenvalue weighted by Gasteiger charge is 2.30. The first kappa shape index (κ1) is 31.6. The van der Waals surface area contributed by atoms with Gasteiger partial charge in [0, 0.05) is 30.5 Å². The molecular formula is C25H41F4N5O2. The Balaban J connectivity index is 0.000000313. The molecular weight excluding hydrogens is 478 g/mol. The number of nitrogen functional groups attached to an aromatic ring is 1. The first-order valence-corrected chi connectivity index (χ1v) is 12.5. The fraction of sp³-hybridized carbons (Fsp3) is 0.680. The minimum absolute atomic E-state index is 0.0765. The maximum atomic E-state index is 12.3. The van der Waals surface area contributed by atoms with E-state index in [1.165, 1.54) is 37.9 Å². The standard InChI is InChI=1S/C12H14F2N4O.C6H12.C5H9F2NO.C2H6/c1-7(2)18-4-3-9(17-18)8-5-10(19-12(13)14)11(15)16-6-8;1-6-4-2-3-5-6;6-5(7)3-8-1-2-9-4-5;1-2/h3-7,12H,1-2H3,(H2,15,16);6H,2-5H2,1H3;8H,1-4H2;1-2H3. The van der Waals surface area contributed by atoms with E-state index in [1.54, 1.807) is 10.7 Å². The third-order valence-electron chi connectivity index (χ3n) is 5.29. The summed E-state index contributed by atoms with van der Waals surface area (Å²) in [6, 6.07) is 3.40. The number of rotatable bonds is 4. The molecule has 3 N–H and O–H groups in total. The number of aromatic nitrogens is 3. The Morgan fingerprint density at radius 2 is 1.89 bits per heavy atom. The molecule has 36 heavy (non-hydrogen) atoms. The molecule has 3 heterocycles. The monoisotopic (exact) mass is 519 g/mol. The lowest BCUT2D eigenvalue weighted by molar-refractivity contribution is -0.0582. The molecule has 2 aromatic heterocycles. The Bertz CT molecular complexity index is 849. The number of hydrogen-bond acceptors (Lipinski definition) is 6. The van der Waals surface area contributed by atoms with Gasteiger partial charge in [0.2, 0.25) is 0 Å². The van der Waals surface area contributed by atoms with Gasteiger partial charge in [-0.25, -0.2) is 13.8 Å². The summed E-state index contributed by atoms with van der Waals surface area (Å²) in [4.78, 5) is 3.83. The van der Waals surface area contributed by atoms with Crippen LogP contribution in [0.2, 0.25) is 0 Å². The van der Waals surface area contributed by atoms with Gasteiger partial charge >= 0.3 is 6.61 Å². The van der Waals surface area contributed by atoms with Crippen molar-refractivity contribution in [1.82, 2.24) is 20.1 Å². The van der Waals surface area contributed by atoms with Crippen LogP contribution >= 0.6 is 0 Å². The van der Waals surface area contributed by atoms with Crippen LogP contribution in [0, 0.1) is 5.92 Å². The molecule has 1 aliphatic heterocycles. The zero-order chi connectivity index (χ0) is 27.1. The number of nitrogens with zero attached hydrogens (tertiary/aromatic N) is 3. The van der Waals surface area contributed by atoms with Crippen molar-refractivity contribution in [2.45, 2.75) is 78.9 Å². The van der Waals surface area contributed by atoms with Gasteiger partial charge in [0.25, 0.3) is 5.92 Å². The summed E-state index contributed by atoms with van der Waals surface area (Å²) in [7, 11) is 0. The molecule has 0 atom stereocenters. The van der Waals surface area contributed by atoms with Crippen molar-refractivity contribution >= 4 is 5.82 Å². The maximum Gasteiger partial charge on any atom is 0.387 e. The first-order valence-electron chi connectivity index (χ1n) is 12.5. The zero-order valence-electron chi connectivity index (χ0n) is 21.9. The van der Waals surface area contributed by atoms with Crippen molar-refractivity contribution < 1.29 is 27.0 Å². The molecule has 1 saturated carbocycles. The Labute approximate surface area is 211 Å². The molecule has 4 rings (SSSR count). The summed E-state index contributed by atoms with van der Waals surface area (Å²) < 4.78 is 59.7. The smallest absolute Gasteiger partial charge is 0.387 e. The van der Waals surface area contributed by atoms with E-state index in [4.69, 9.17) is 5.73 Å². The van der Waals surface area contributed by atoms with Gasteiger partial charge in [0.05, 0.1) is 18.8 Å². The van der Waals surface area contributed by atoms with E-state index in [1.807, 2.05) is 33.9 Å². The molecule has 0 spiro atoms. The van der Waals surface area contributed by atoms with E-state index in [0.717, 1.165) is 5.92 Å². The van der Waals surface area contributed by atoms with Gasteiger partial charge < -0.3 is 20.5 Å². The van der Waals surface area contributed by atoms with Crippen molar-refractivity contribution in [3.63, 3.8) is 0 Å². The van der Waals surface area contributed by atoms with E-state index in [9.17, 15) is 17.6 Å². The second-order valence-corrected chi connectivity index (χ2v) is 8.74. The van der Waals surface area contributed by atoms with Gasteiger partial charge in [-0.2, -0.15) is 13.9 Å². The average molecular weight is 520 g/mol. The summed E-state index contributed by atoms with van der Waals surface area (Å²) in [6.45, 7) is 7.59. The van der Waals surface area contributed by atoms with Gasteiger partial charge in [-0.15, -0.1) is 0 Å². The molecule has 0 bridgehead atoms. The highest BCUT2D eigenvalue weighted by atomic mass is 19.3. The van der Waals surface area contributed by atoms with Gasteiger partial charge in [0.1, 0.15) is 6.61 Å². The van der Waals surface area contributed by atoms with Crippen molar-refractivity contribution in [3.05, 3.63) is 24.5 Å². The summed E-state index contributed by atoms with van der Waals surface area (Å²) >= 11 is 0. The molecule has 0 amide bonds. The molecule has 7 nitrogen and oxygen atoms in total. The first-order chi connectivity index (χ1) is 17.1. The average Bonchev–Trinajstić information content (AvgIpc) is 3.47. The van der Waals surface area contributed by atoms with Crippen molar-refractivity contribution in [3.8, 4) is 17.0 Å². The molecule has 2 aromatic rings. The summed E-state index contributed by atoms with van der Waals surface area (Å²) in [6.07, 6.45) is 9.23. The SMILES string of the molecule is CC.CC(C)n1ccc(-c2cnc(N)c(OC(F)F)c2)n1.CC1CCCC1.FC1(F)CNCCOC1. The third-order valence-corrected chi connectivity index (χ3v) is 5.29. The van der Waals surface area contributed by atoms with E-state index < -0.39 is 19.1 Å². The lowest BCUT2D eigenvalue weighted by atomic mass is 10.2. The van der Waals surface area contributed by atoms with Crippen LogP contribution in [0.15, 0.2) is 24.5 Å². The normalized spacial score (nSPS) is 17.2. The van der Waals surface area contributed by atoms with Crippen LogP contribution in [0.3, 0.4) is 0 Å². The second kappa shape index (κ2) is 16.4. The second-order valence-electron chi connectivity index (χ2n) is 8.74. The van der Waals surface area contributed by atoms with Gasteiger partial charge in [-0.3, -0.25) is 4.68 Å². The summed E-state index contributed by atoms with van der Waals surface area (Å²) in [5.41, 5.74) is 6.67. The van der Waals surface area contributed by atoms with Crippen LogP contribution in [-0.2, 0) is 4.74 Å². The van der Waals surface area contributed by atoms with Crippen LogP contribution in [0.25, 0.3) is 11.3 Å². The van der Waals surface area contributed by atoms with Gasteiger partial charge in [-0.1, -0.05) is 46.5 Å². The van der Waals surface area contributed by atoms with Crippen molar-refractivity contribution in [2.75, 3.05) is 32.0 Å². The Kier molecular flexibility index (Phi) is 14.4. The van der Waals surface area contributed by atoms with Crippen molar-refractivity contribution in [1.29, 1.82) is 0 Å². The lowest BCUT2D eigenvalue weighted by Crippen LogP contribution is -2.33. The minimum Gasteiger partial charge on any atom is -0.431 e. The lowest BCUT2D eigenvalue weighted by Gasteiger charge is -2.10. The number of pyridine rings is 1. The molecule has 0 radical (unpaired) electrons. The number of nitrogens with one attached hydrogen (secondary N) is 1. The predicted molar refractivity (Wildman–Crippen MR) is 135 cm³/mol. The number of halogens is 4. The molecule has 2 fully saturated rings. The molecule has 206 valence electrons. The maximum absolute atomic E-state index is 12.3. The van der Waals surface area contributed by atoms with E-state index in [-0.39, 0.29) is 24.2 Å². The van der Waals surface area contributed by atoms with Crippen LogP contribution in [0.1, 0.15) is 66.3 Å². The predicted octanol–water partition coefficient (Wildman–Crippen LogP) is 6.17. The van der Waals surface area contributed by atoms with Crippen LogP contribution < -0.4 is 15.8 Å². The number of nitrogens with two attached hydrogens (primary N) is 1. The third kappa shape index (κ3) is 12.0. The van der Waals surface area contributed by atoms with Crippen LogP contribution in [0.5, 0.6) is 5.75 Å². The van der Waals surface area contributed by atoms with E-state index >= 15 is 0 Å².